The number of pyridine rings is 6. The minimum absolute atomic E-state index is 0. The van der Waals surface area contributed by atoms with Gasteiger partial charge in [-0.1, -0.05) is 54.6 Å². The Morgan fingerprint density at radius 3 is 0.956 bits per heavy atom. The Kier molecular flexibility index (Phi) is 31.9. The van der Waals surface area contributed by atoms with Crippen molar-refractivity contribution >= 4 is 106 Å². The monoisotopic (exact) mass is 1810 g/mol. The molecule has 0 aliphatic rings. The molecular formula is C107H79BF6N10NaO10. The Bertz CT molecular complexity index is 7350. The summed E-state index contributed by atoms with van der Waals surface area (Å²) in [4.78, 5) is 86.2. The molecule has 1 unspecified atom stereocenters. The van der Waals surface area contributed by atoms with Gasteiger partial charge in [-0.05, 0) is 288 Å². The summed E-state index contributed by atoms with van der Waals surface area (Å²) in [7, 11) is 0. The number of hydrogen-bond acceptors (Lipinski definition) is 19. The van der Waals surface area contributed by atoms with Crippen molar-refractivity contribution in [2.75, 3.05) is 17.2 Å². The molecule has 0 aliphatic carbocycles. The SMILES string of the molecule is NCc1cc2cc(-c3ccc(C(=O)c4ccc(F)cc4)cn3)cc(-c3ccc(F)cc3)c2o1.Nc1ccc(/C=C/C(=O)CCc2cc3cc(-c4ccc(C(=O)c5ccc(F)cc5)cn4)cc(-c4ccc(F)cc4)c3o2)cn1.Nc1ccc(/C=C/C(=O)CCc2cc3cc(-c4ccc(C(O)c5ccc(F)cc5)cn4)cc(-c4ccc(F)cc4)c3o2)cn1.Nc1ccc(/C=C/C(=O)O)cn1.[B].[H-].[Na+]. The molecule has 0 saturated carbocycles. The summed E-state index contributed by atoms with van der Waals surface area (Å²) < 4.78 is 99.1. The van der Waals surface area contributed by atoms with Crippen molar-refractivity contribution in [3.63, 3.8) is 0 Å². The number of carboxylic acid groups (broad SMARTS) is 1. The number of ketones is 4. The molecule has 0 fully saturated rings. The Morgan fingerprint density at radius 2 is 0.644 bits per heavy atom. The number of hydrogen-bond donors (Lipinski definition) is 6. The third-order valence-corrected chi connectivity index (χ3v) is 21.1. The van der Waals surface area contributed by atoms with Crippen LogP contribution in [-0.2, 0) is 33.8 Å². The summed E-state index contributed by atoms with van der Waals surface area (Å²) in [6.07, 6.45) is 18.5. The maximum absolute atomic E-state index is 13.8. The zero-order valence-electron chi connectivity index (χ0n) is 73.0. The van der Waals surface area contributed by atoms with Gasteiger partial charge in [0.05, 0.1) is 23.6 Å². The van der Waals surface area contributed by atoms with Crippen molar-refractivity contribution in [3.05, 3.63) is 431 Å². The van der Waals surface area contributed by atoms with Crippen molar-refractivity contribution in [1.82, 2.24) is 29.9 Å². The van der Waals surface area contributed by atoms with Crippen molar-refractivity contribution in [1.29, 1.82) is 0 Å². The third kappa shape index (κ3) is 25.1. The Hall–Kier alpha value is -16.2. The number of nitrogens with two attached hydrogens (primary N) is 4. The molecule has 20 nitrogen and oxygen atoms in total. The van der Waals surface area contributed by atoms with E-state index < -0.39 is 23.7 Å². The predicted molar refractivity (Wildman–Crippen MR) is 507 cm³/mol. The van der Waals surface area contributed by atoms with Crippen LogP contribution in [0.5, 0.6) is 0 Å². The first-order valence-corrected chi connectivity index (χ1v) is 41.4. The molecule has 9 aromatic carbocycles. The molecule has 0 amide bonds. The van der Waals surface area contributed by atoms with E-state index in [1.165, 1.54) is 146 Å². The molecule has 0 aliphatic heterocycles. The zero-order chi connectivity index (χ0) is 93.2. The van der Waals surface area contributed by atoms with Crippen molar-refractivity contribution < 1.29 is 105 Å². The number of aliphatic carboxylic acids is 1. The van der Waals surface area contributed by atoms with Crippen LogP contribution in [0.15, 0.2) is 342 Å². The van der Waals surface area contributed by atoms with E-state index in [0.717, 1.165) is 83.4 Å². The number of aliphatic hydroxyl groups is 1. The summed E-state index contributed by atoms with van der Waals surface area (Å²) in [6.45, 7) is 0.255. The maximum atomic E-state index is 13.8. The van der Waals surface area contributed by atoms with Gasteiger partial charge in [0.1, 0.15) is 92.5 Å². The van der Waals surface area contributed by atoms with Crippen LogP contribution in [0.4, 0.5) is 43.8 Å². The number of carbonyl (C=O) groups excluding carboxylic acids is 4. The minimum Gasteiger partial charge on any atom is -1.00 e. The van der Waals surface area contributed by atoms with E-state index in [-0.39, 0.29) is 105 Å². The number of aliphatic hydroxyl groups excluding tert-OH is 1. The van der Waals surface area contributed by atoms with Crippen LogP contribution in [0, 0.1) is 34.9 Å². The largest absolute Gasteiger partial charge is 1.00 e. The molecular weight excluding hydrogens is 1730 g/mol. The number of fused-ring (bicyclic) bond motifs is 3. The fourth-order valence-electron chi connectivity index (χ4n) is 14.2. The number of carbonyl (C=O) groups is 5. The second-order valence-corrected chi connectivity index (χ2v) is 30.5. The van der Waals surface area contributed by atoms with Crippen LogP contribution in [-0.4, -0.2) is 77.6 Å². The van der Waals surface area contributed by atoms with Crippen LogP contribution in [0.2, 0.25) is 0 Å². The molecule has 0 saturated heterocycles. The van der Waals surface area contributed by atoms with Gasteiger partial charge in [0, 0.05) is 155 Å². The quantitative estimate of drug-likeness (QED) is 0.0134. The standard InChI is InChI=1S/C36H27F2N3O3.C36H25F2N3O3.C27H18F2N2O2.C8H8N2O2.B.Na.H/c2*37-28-8-3-23(4-9-28)32-19-26(33-15-7-25(21-40-33)35(43)24-5-10-29(38)11-6-24)17-27-18-31(44-36(27)32)14-13-30(42)12-1-22-2-16-34(39)41-20-22;28-21-6-1-16(2-7-21)24-13-19(11-20-12-23(14-30)33-27(20)24)25-10-5-18(15-31-25)26(32)17-3-8-22(29)9-4-17;9-7-3-1-6(5-10-7)2-4-8(11)12;;;/h1-12,15-21,35,43H,13-14H2,(H2,39,41);1-12,15-21H,13-14H2,(H2,39,41);1-13,15H,14,30H2;1-5H,(H2,9,10)(H,11,12);;;/q;;;;;+1;-1/b2*12-1+;;4-2+;;;. The fraction of sp³-hybridized carbons (Fsp3) is 0.0561. The number of aromatic nitrogens is 6. The fourth-order valence-corrected chi connectivity index (χ4v) is 14.2. The summed E-state index contributed by atoms with van der Waals surface area (Å²) in [5, 5.41) is 21.5. The average Bonchev–Trinajstić information content (AvgIpc) is 1.57. The third-order valence-electron chi connectivity index (χ3n) is 21.1. The topological polar surface area (TPSA) is 347 Å². The van der Waals surface area contributed by atoms with Crippen LogP contribution in [0.3, 0.4) is 0 Å². The van der Waals surface area contributed by atoms with Gasteiger partial charge in [-0.3, -0.25) is 34.1 Å². The van der Waals surface area contributed by atoms with Gasteiger partial charge in [-0.25, -0.2) is 46.1 Å². The van der Waals surface area contributed by atoms with E-state index in [4.69, 9.17) is 41.3 Å². The Morgan fingerprint density at radius 1 is 0.341 bits per heavy atom. The number of rotatable bonds is 25. The molecule has 18 rings (SSSR count). The summed E-state index contributed by atoms with van der Waals surface area (Å²) in [6, 6.07) is 72.8. The normalized spacial score (nSPS) is 11.3. The molecule has 0 spiro atoms. The number of halogens is 6. The van der Waals surface area contributed by atoms with Gasteiger partial charge >= 0.3 is 35.5 Å². The van der Waals surface area contributed by atoms with Crippen LogP contribution >= 0.6 is 0 Å². The Balaban J connectivity index is 0.000000172. The molecule has 18 aromatic rings. The summed E-state index contributed by atoms with van der Waals surface area (Å²) >= 11 is 0. The summed E-state index contributed by atoms with van der Waals surface area (Å²) in [5.74, 6) is -0.679. The predicted octanol–water partition coefficient (Wildman–Crippen LogP) is 19.2. The van der Waals surface area contributed by atoms with Crippen LogP contribution in [0.25, 0.3) is 118 Å². The van der Waals surface area contributed by atoms with E-state index in [1.807, 2.05) is 54.6 Å². The molecule has 9 heterocycles. The number of anilines is 3. The molecule has 1 atom stereocenters. The molecule has 9 aromatic heterocycles. The number of aryl methyl sites for hydroxylation is 2. The van der Waals surface area contributed by atoms with Gasteiger partial charge in [-0.2, -0.15) is 0 Å². The molecule has 28 heteroatoms. The molecule has 3 radical (unpaired) electrons. The number of nitrogen functional groups attached to an aromatic ring is 3. The average molecular weight is 1810 g/mol. The van der Waals surface area contributed by atoms with Gasteiger partial charge in [0.2, 0.25) is 0 Å². The van der Waals surface area contributed by atoms with Gasteiger partial charge < -0.3 is 47.8 Å². The first-order chi connectivity index (χ1) is 64.3. The van der Waals surface area contributed by atoms with Crippen LogP contribution < -0.4 is 52.5 Å². The number of carboxylic acids is 1. The second-order valence-electron chi connectivity index (χ2n) is 30.5. The second kappa shape index (κ2) is 44.6. The van der Waals surface area contributed by atoms with E-state index in [1.54, 1.807) is 140 Å². The molecule has 0 bridgehead atoms. The number of nitrogens with zero attached hydrogens (tertiary/aromatic N) is 6. The first-order valence-electron chi connectivity index (χ1n) is 41.4. The number of benzene rings is 9. The van der Waals surface area contributed by atoms with E-state index in [0.29, 0.717) is 120 Å². The van der Waals surface area contributed by atoms with E-state index >= 15 is 0 Å². The van der Waals surface area contributed by atoms with Crippen molar-refractivity contribution in [3.8, 4) is 67.2 Å². The van der Waals surface area contributed by atoms with Crippen LogP contribution in [0.1, 0.15) is 97.3 Å². The molecule has 135 heavy (non-hydrogen) atoms. The van der Waals surface area contributed by atoms with E-state index in [2.05, 4.69) is 29.9 Å². The zero-order valence-corrected chi connectivity index (χ0v) is 74.0. The number of allylic oxidation sites excluding steroid dienone is 2. The first kappa shape index (κ1) is 96.4. The van der Waals surface area contributed by atoms with Gasteiger partial charge in [0.25, 0.3) is 0 Å². The molecule has 663 valence electrons. The maximum Gasteiger partial charge on any atom is 1.00 e. The smallest absolute Gasteiger partial charge is 1.00 e. The minimum atomic E-state index is -0.980. The molecule has 10 N–H and O–H groups in total. The van der Waals surface area contributed by atoms with Gasteiger partial charge in [-0.15, -0.1) is 0 Å². The van der Waals surface area contributed by atoms with E-state index in [9.17, 15) is 55.4 Å². The Labute approximate surface area is 794 Å². The number of furan rings is 3. The summed E-state index contributed by atoms with van der Waals surface area (Å²) in [5.41, 5.74) is 38.0. The van der Waals surface area contributed by atoms with Gasteiger partial charge in [0.15, 0.2) is 23.1 Å². The van der Waals surface area contributed by atoms with Crippen molar-refractivity contribution in [2.24, 2.45) is 5.73 Å². The van der Waals surface area contributed by atoms with Crippen molar-refractivity contribution in [2.45, 2.75) is 38.3 Å².